The Kier molecular flexibility index (Phi) is 4.23. The zero-order chi connectivity index (χ0) is 19.3. The molecule has 5 heterocycles. The van der Waals surface area contributed by atoms with Gasteiger partial charge in [0, 0.05) is 36.3 Å². The van der Waals surface area contributed by atoms with Gasteiger partial charge in [-0.3, -0.25) is 14.5 Å². The summed E-state index contributed by atoms with van der Waals surface area (Å²) in [6.07, 6.45) is 3.84. The molecule has 6 nitrogen and oxygen atoms in total. The number of aromatic amines is 1. The number of carbonyl (C=O) groups excluding carboxylic acids is 1. The first-order valence-electron chi connectivity index (χ1n) is 10.0. The highest BCUT2D eigenvalue weighted by atomic mass is 16.5. The van der Waals surface area contributed by atoms with Crippen molar-refractivity contribution in [3.8, 4) is 5.75 Å². The second-order valence-electron chi connectivity index (χ2n) is 8.10. The molecule has 6 heteroatoms. The summed E-state index contributed by atoms with van der Waals surface area (Å²) in [6, 6.07) is 11.8. The summed E-state index contributed by atoms with van der Waals surface area (Å²) in [7, 11) is 1.71. The van der Waals surface area contributed by atoms with E-state index in [0.717, 1.165) is 31.7 Å². The Bertz CT molecular complexity index is 928. The van der Waals surface area contributed by atoms with Gasteiger partial charge >= 0.3 is 0 Å². The molecule has 4 saturated heterocycles. The first kappa shape index (κ1) is 17.5. The Hall–Kier alpha value is -2.60. The SMILES string of the molecule is COc1ccccc1[C@@H]1CN(C(=O)c2ccc(=O)[nH]c2)[C@H]2C3CCN(CC3)[C@@H]12. The van der Waals surface area contributed by atoms with Crippen LogP contribution in [0, 0.1) is 5.92 Å². The molecule has 28 heavy (non-hydrogen) atoms. The van der Waals surface area contributed by atoms with Crippen LogP contribution in [0.5, 0.6) is 5.75 Å². The number of nitrogens with one attached hydrogen (secondary N) is 1. The number of hydrogen-bond acceptors (Lipinski definition) is 4. The van der Waals surface area contributed by atoms with Crippen LogP contribution in [-0.4, -0.2) is 59.5 Å². The van der Waals surface area contributed by atoms with Crippen molar-refractivity contribution < 1.29 is 9.53 Å². The molecule has 4 aliphatic rings. The van der Waals surface area contributed by atoms with Crippen LogP contribution in [0.15, 0.2) is 47.4 Å². The van der Waals surface area contributed by atoms with E-state index in [0.29, 0.717) is 24.1 Å². The number of nitrogens with zero attached hydrogens (tertiary/aromatic N) is 2. The number of methoxy groups -OCH3 is 1. The van der Waals surface area contributed by atoms with Crippen molar-refractivity contribution in [3.63, 3.8) is 0 Å². The summed E-state index contributed by atoms with van der Waals surface area (Å²) in [5, 5.41) is 0. The number of carbonyl (C=O) groups is 1. The fourth-order valence-corrected chi connectivity index (χ4v) is 5.61. The molecule has 146 valence electrons. The quantitative estimate of drug-likeness (QED) is 0.887. The molecule has 3 atom stereocenters. The number of hydrogen-bond donors (Lipinski definition) is 1. The van der Waals surface area contributed by atoms with Gasteiger partial charge in [0.15, 0.2) is 0 Å². The van der Waals surface area contributed by atoms with Crippen molar-refractivity contribution in [3.05, 3.63) is 64.1 Å². The van der Waals surface area contributed by atoms with E-state index in [1.165, 1.54) is 17.8 Å². The number of H-pyrrole nitrogens is 1. The predicted molar refractivity (Wildman–Crippen MR) is 106 cm³/mol. The number of aromatic nitrogens is 1. The molecule has 1 amide bonds. The Labute approximate surface area is 164 Å². The van der Waals surface area contributed by atoms with Crippen molar-refractivity contribution in [2.75, 3.05) is 26.7 Å². The van der Waals surface area contributed by atoms with Gasteiger partial charge in [-0.2, -0.15) is 0 Å². The van der Waals surface area contributed by atoms with Crippen molar-refractivity contribution in [2.45, 2.75) is 30.8 Å². The summed E-state index contributed by atoms with van der Waals surface area (Å²) in [4.78, 5) is 32.0. The monoisotopic (exact) mass is 379 g/mol. The van der Waals surface area contributed by atoms with E-state index in [1.807, 2.05) is 12.1 Å². The molecule has 4 aliphatic heterocycles. The lowest BCUT2D eigenvalue weighted by Gasteiger charge is -2.51. The average Bonchev–Trinajstić information content (AvgIpc) is 3.17. The lowest BCUT2D eigenvalue weighted by atomic mass is 9.75. The minimum atomic E-state index is -0.189. The number of likely N-dealkylation sites (tertiary alicyclic amines) is 1. The van der Waals surface area contributed by atoms with E-state index < -0.39 is 0 Å². The van der Waals surface area contributed by atoms with Crippen LogP contribution in [-0.2, 0) is 0 Å². The highest BCUT2D eigenvalue weighted by Crippen LogP contribution is 2.48. The maximum absolute atomic E-state index is 13.4. The number of fused-ring (bicyclic) bond motifs is 2. The van der Waals surface area contributed by atoms with E-state index in [4.69, 9.17) is 4.74 Å². The number of para-hydroxylation sites is 1. The fraction of sp³-hybridized carbons (Fsp3) is 0.455. The van der Waals surface area contributed by atoms with Crippen LogP contribution in [0.3, 0.4) is 0 Å². The molecule has 0 aliphatic carbocycles. The Morgan fingerprint density at radius 3 is 2.61 bits per heavy atom. The van der Waals surface area contributed by atoms with Gasteiger partial charge in [-0.1, -0.05) is 18.2 Å². The summed E-state index contributed by atoms with van der Waals surface area (Å²) >= 11 is 0. The number of pyridine rings is 1. The molecular weight excluding hydrogens is 354 g/mol. The van der Waals surface area contributed by atoms with Crippen molar-refractivity contribution in [1.29, 1.82) is 0 Å². The molecule has 0 spiro atoms. The van der Waals surface area contributed by atoms with Crippen molar-refractivity contribution in [1.82, 2.24) is 14.8 Å². The summed E-state index contributed by atoms with van der Waals surface area (Å²) in [5.74, 6) is 1.68. The van der Waals surface area contributed by atoms with E-state index in [-0.39, 0.29) is 23.4 Å². The molecule has 2 aromatic rings. The lowest BCUT2D eigenvalue weighted by molar-refractivity contribution is -0.00351. The van der Waals surface area contributed by atoms with E-state index in [1.54, 1.807) is 13.2 Å². The van der Waals surface area contributed by atoms with Gasteiger partial charge in [0.25, 0.3) is 5.91 Å². The molecule has 1 N–H and O–H groups in total. The van der Waals surface area contributed by atoms with E-state index >= 15 is 0 Å². The number of rotatable bonds is 3. The minimum absolute atomic E-state index is 0.0115. The van der Waals surface area contributed by atoms with Gasteiger partial charge < -0.3 is 14.6 Å². The second-order valence-corrected chi connectivity index (χ2v) is 8.10. The third-order valence-corrected chi connectivity index (χ3v) is 6.82. The predicted octanol–water partition coefficient (Wildman–Crippen LogP) is 2.09. The number of amides is 1. The summed E-state index contributed by atoms with van der Waals surface area (Å²) in [5.41, 5.74) is 1.55. The maximum atomic E-state index is 13.4. The van der Waals surface area contributed by atoms with Gasteiger partial charge in [-0.05, 0) is 44.0 Å². The highest BCUT2D eigenvalue weighted by Gasteiger charge is 2.55. The lowest BCUT2D eigenvalue weighted by Crippen LogP contribution is -2.60. The standard InChI is InChI=1S/C22H25N3O3/c1-28-18-5-3-2-4-16(18)17-13-25(22(27)15-6-7-19(26)23-12-15)20-14-8-10-24(11-9-14)21(17)20/h2-7,12,14,17,20-21H,8-11,13H2,1H3,(H,23,26)/t17-,20-,21-/m0/s1. The summed E-state index contributed by atoms with van der Waals surface area (Å²) < 4.78 is 5.65. The van der Waals surface area contributed by atoms with Gasteiger partial charge in [-0.25, -0.2) is 0 Å². The minimum Gasteiger partial charge on any atom is -0.496 e. The third kappa shape index (κ3) is 2.66. The van der Waals surface area contributed by atoms with Crippen LogP contribution >= 0.6 is 0 Å². The van der Waals surface area contributed by atoms with Crippen LogP contribution in [0.2, 0.25) is 0 Å². The first-order chi connectivity index (χ1) is 13.7. The molecule has 0 radical (unpaired) electrons. The topological polar surface area (TPSA) is 65.6 Å². The zero-order valence-electron chi connectivity index (χ0n) is 16.0. The Morgan fingerprint density at radius 1 is 1.11 bits per heavy atom. The van der Waals surface area contributed by atoms with E-state index in [9.17, 15) is 9.59 Å². The molecule has 6 rings (SSSR count). The van der Waals surface area contributed by atoms with Gasteiger partial charge in [-0.15, -0.1) is 0 Å². The highest BCUT2D eigenvalue weighted by molar-refractivity contribution is 5.94. The van der Waals surface area contributed by atoms with Crippen molar-refractivity contribution in [2.24, 2.45) is 5.92 Å². The molecule has 1 aromatic heterocycles. The van der Waals surface area contributed by atoms with Crippen LogP contribution in [0.1, 0.15) is 34.7 Å². The number of piperidine rings is 3. The fourth-order valence-electron chi connectivity index (χ4n) is 5.61. The Morgan fingerprint density at radius 2 is 1.89 bits per heavy atom. The number of benzene rings is 1. The van der Waals surface area contributed by atoms with Crippen LogP contribution < -0.4 is 10.3 Å². The van der Waals surface area contributed by atoms with Crippen molar-refractivity contribution >= 4 is 5.91 Å². The van der Waals surface area contributed by atoms with E-state index in [2.05, 4.69) is 26.9 Å². The van der Waals surface area contributed by atoms with Gasteiger partial charge in [0.1, 0.15) is 5.75 Å². The molecule has 4 fully saturated rings. The smallest absolute Gasteiger partial charge is 0.255 e. The average molecular weight is 379 g/mol. The largest absolute Gasteiger partial charge is 0.496 e. The third-order valence-electron chi connectivity index (χ3n) is 6.82. The first-order valence-corrected chi connectivity index (χ1v) is 10.0. The number of ether oxygens (including phenoxy) is 1. The molecule has 1 aromatic carbocycles. The zero-order valence-corrected chi connectivity index (χ0v) is 16.0. The molecule has 0 saturated carbocycles. The maximum Gasteiger partial charge on any atom is 0.255 e. The normalized spacial score (nSPS) is 30.9. The summed E-state index contributed by atoms with van der Waals surface area (Å²) in [6.45, 7) is 2.90. The molecule has 2 bridgehead atoms. The van der Waals surface area contributed by atoms with Gasteiger partial charge in [0.05, 0.1) is 18.7 Å². The molecule has 0 unspecified atom stereocenters. The molecular formula is C22H25N3O3. The van der Waals surface area contributed by atoms with Crippen LogP contribution in [0.25, 0.3) is 0 Å². The van der Waals surface area contributed by atoms with Gasteiger partial charge in [0.2, 0.25) is 5.56 Å². The second kappa shape index (κ2) is 6.78. The van der Waals surface area contributed by atoms with Crippen LogP contribution in [0.4, 0.5) is 0 Å². The Balaban J connectivity index is 1.55.